The molecule has 1 aromatic carbocycles. The van der Waals surface area contributed by atoms with E-state index in [9.17, 15) is 4.79 Å². The SMILES string of the molecule is Cc1cc(C)c(NC(=O)c2cc(N)cnc2Cl)c(Br)c1. The molecule has 0 radical (unpaired) electrons. The Morgan fingerprint density at radius 2 is 2.05 bits per heavy atom. The molecular formula is C14H13BrClN3O. The van der Waals surface area contributed by atoms with Crippen molar-refractivity contribution in [2.75, 3.05) is 11.1 Å². The number of carbonyl (C=O) groups excluding carboxylic acids is 1. The summed E-state index contributed by atoms with van der Waals surface area (Å²) in [7, 11) is 0. The smallest absolute Gasteiger partial charge is 0.258 e. The first-order valence-electron chi connectivity index (χ1n) is 5.87. The van der Waals surface area contributed by atoms with Crippen molar-refractivity contribution >= 4 is 44.8 Å². The van der Waals surface area contributed by atoms with Crippen LogP contribution in [0.3, 0.4) is 0 Å². The monoisotopic (exact) mass is 353 g/mol. The van der Waals surface area contributed by atoms with E-state index in [4.69, 9.17) is 17.3 Å². The summed E-state index contributed by atoms with van der Waals surface area (Å²) < 4.78 is 0.816. The first-order valence-corrected chi connectivity index (χ1v) is 7.04. The molecule has 0 atom stereocenters. The van der Waals surface area contributed by atoms with Crippen molar-refractivity contribution < 1.29 is 4.79 Å². The Morgan fingerprint density at radius 3 is 2.70 bits per heavy atom. The fraction of sp³-hybridized carbons (Fsp3) is 0.143. The van der Waals surface area contributed by atoms with Gasteiger partial charge in [-0.1, -0.05) is 17.7 Å². The molecule has 0 unspecified atom stereocenters. The summed E-state index contributed by atoms with van der Waals surface area (Å²) in [5, 5.41) is 2.95. The van der Waals surface area contributed by atoms with Gasteiger partial charge in [0, 0.05) is 4.47 Å². The molecule has 0 saturated heterocycles. The van der Waals surface area contributed by atoms with Crippen LogP contribution in [0.25, 0.3) is 0 Å². The lowest BCUT2D eigenvalue weighted by molar-refractivity contribution is 0.102. The molecule has 0 aliphatic heterocycles. The maximum absolute atomic E-state index is 12.3. The number of amides is 1. The van der Waals surface area contributed by atoms with Crippen molar-refractivity contribution in [3.8, 4) is 0 Å². The number of halogens is 2. The number of nitrogens with two attached hydrogens (primary N) is 1. The summed E-state index contributed by atoms with van der Waals surface area (Å²) in [6.45, 7) is 3.91. The van der Waals surface area contributed by atoms with Gasteiger partial charge in [-0.05, 0) is 53.0 Å². The van der Waals surface area contributed by atoms with Crippen molar-refractivity contribution in [3.63, 3.8) is 0 Å². The van der Waals surface area contributed by atoms with Gasteiger partial charge in [0.2, 0.25) is 0 Å². The van der Waals surface area contributed by atoms with E-state index in [1.54, 1.807) is 0 Å². The topological polar surface area (TPSA) is 68.0 Å². The van der Waals surface area contributed by atoms with E-state index < -0.39 is 0 Å². The zero-order chi connectivity index (χ0) is 14.9. The number of pyridine rings is 1. The highest BCUT2D eigenvalue weighted by molar-refractivity contribution is 9.10. The van der Waals surface area contributed by atoms with Crippen molar-refractivity contribution in [1.82, 2.24) is 4.98 Å². The number of hydrogen-bond donors (Lipinski definition) is 2. The molecule has 20 heavy (non-hydrogen) atoms. The van der Waals surface area contributed by atoms with Gasteiger partial charge in [0.05, 0.1) is 23.1 Å². The number of benzene rings is 1. The Morgan fingerprint density at radius 1 is 1.35 bits per heavy atom. The summed E-state index contributed by atoms with van der Waals surface area (Å²) in [6.07, 6.45) is 1.41. The molecule has 1 heterocycles. The average Bonchev–Trinajstić information content (AvgIpc) is 2.36. The van der Waals surface area contributed by atoms with Gasteiger partial charge in [0.25, 0.3) is 5.91 Å². The Hall–Kier alpha value is -1.59. The van der Waals surface area contributed by atoms with Crippen LogP contribution in [0.2, 0.25) is 5.15 Å². The van der Waals surface area contributed by atoms with Gasteiger partial charge in [-0.2, -0.15) is 0 Å². The molecule has 0 spiro atoms. The normalized spacial score (nSPS) is 10.4. The first kappa shape index (κ1) is 14.8. The molecule has 0 aliphatic rings. The lowest BCUT2D eigenvalue weighted by atomic mass is 10.1. The molecule has 2 aromatic rings. The maximum atomic E-state index is 12.3. The van der Waals surface area contributed by atoms with E-state index in [0.29, 0.717) is 11.4 Å². The highest BCUT2D eigenvalue weighted by atomic mass is 79.9. The van der Waals surface area contributed by atoms with E-state index in [2.05, 4.69) is 26.2 Å². The second-order valence-electron chi connectivity index (χ2n) is 4.50. The van der Waals surface area contributed by atoms with E-state index in [-0.39, 0.29) is 16.6 Å². The number of nitrogens with zero attached hydrogens (tertiary/aromatic N) is 1. The lowest BCUT2D eigenvalue weighted by Crippen LogP contribution is -2.15. The van der Waals surface area contributed by atoms with Gasteiger partial charge >= 0.3 is 0 Å². The van der Waals surface area contributed by atoms with Crippen LogP contribution in [-0.4, -0.2) is 10.9 Å². The number of hydrogen-bond acceptors (Lipinski definition) is 3. The Kier molecular flexibility index (Phi) is 4.30. The quantitative estimate of drug-likeness (QED) is 0.802. The molecule has 6 heteroatoms. The molecule has 4 nitrogen and oxygen atoms in total. The number of rotatable bonds is 2. The highest BCUT2D eigenvalue weighted by Gasteiger charge is 2.15. The van der Waals surface area contributed by atoms with E-state index in [1.807, 2.05) is 26.0 Å². The predicted octanol–water partition coefficient (Wildman–Crippen LogP) is 3.95. The number of aromatic nitrogens is 1. The fourth-order valence-corrected chi connectivity index (χ4v) is 2.84. The zero-order valence-electron chi connectivity index (χ0n) is 11.0. The van der Waals surface area contributed by atoms with Crippen LogP contribution in [-0.2, 0) is 0 Å². The van der Waals surface area contributed by atoms with Gasteiger partial charge in [-0.3, -0.25) is 4.79 Å². The molecule has 2 rings (SSSR count). The van der Waals surface area contributed by atoms with Gasteiger partial charge in [0.15, 0.2) is 0 Å². The Balaban J connectivity index is 2.35. The van der Waals surface area contributed by atoms with Gasteiger partial charge in [0.1, 0.15) is 5.15 Å². The molecule has 1 aromatic heterocycles. The van der Waals surface area contributed by atoms with Gasteiger partial charge in [-0.25, -0.2) is 4.98 Å². The predicted molar refractivity (Wildman–Crippen MR) is 85.2 cm³/mol. The zero-order valence-corrected chi connectivity index (χ0v) is 13.3. The minimum Gasteiger partial charge on any atom is -0.397 e. The molecule has 104 valence electrons. The van der Waals surface area contributed by atoms with Crippen LogP contribution in [0.5, 0.6) is 0 Å². The van der Waals surface area contributed by atoms with Gasteiger partial charge in [-0.15, -0.1) is 0 Å². The third kappa shape index (κ3) is 3.11. The highest BCUT2D eigenvalue weighted by Crippen LogP contribution is 2.29. The molecule has 0 fully saturated rings. The summed E-state index contributed by atoms with van der Waals surface area (Å²) in [4.78, 5) is 16.1. The Bertz CT molecular complexity index is 665. The standard InChI is InChI=1S/C14H13BrClN3O/c1-7-3-8(2)12(11(15)4-7)19-14(20)10-5-9(17)6-18-13(10)16/h3-6H,17H2,1-2H3,(H,19,20). The van der Waals surface area contributed by atoms with Crippen molar-refractivity contribution in [3.05, 3.63) is 50.7 Å². The van der Waals surface area contributed by atoms with E-state index in [1.165, 1.54) is 12.3 Å². The van der Waals surface area contributed by atoms with E-state index in [0.717, 1.165) is 15.6 Å². The van der Waals surface area contributed by atoms with Crippen LogP contribution in [0.1, 0.15) is 21.5 Å². The Labute approximate surface area is 130 Å². The van der Waals surface area contributed by atoms with Crippen molar-refractivity contribution in [2.24, 2.45) is 0 Å². The van der Waals surface area contributed by atoms with Crippen molar-refractivity contribution in [2.45, 2.75) is 13.8 Å². The molecule has 0 bridgehead atoms. The maximum Gasteiger partial charge on any atom is 0.258 e. The van der Waals surface area contributed by atoms with Crippen LogP contribution >= 0.6 is 27.5 Å². The second-order valence-corrected chi connectivity index (χ2v) is 5.71. The summed E-state index contributed by atoms with van der Waals surface area (Å²) >= 11 is 9.37. The third-order valence-corrected chi connectivity index (χ3v) is 3.70. The molecule has 0 saturated carbocycles. The molecule has 1 amide bonds. The van der Waals surface area contributed by atoms with Crippen LogP contribution < -0.4 is 11.1 Å². The van der Waals surface area contributed by atoms with Gasteiger partial charge < -0.3 is 11.1 Å². The second kappa shape index (κ2) is 5.81. The van der Waals surface area contributed by atoms with Crippen LogP contribution in [0, 0.1) is 13.8 Å². The lowest BCUT2D eigenvalue weighted by Gasteiger charge is -2.12. The summed E-state index contributed by atoms with van der Waals surface area (Å²) in [5.41, 5.74) is 9.04. The molecular weight excluding hydrogens is 342 g/mol. The number of aryl methyl sites for hydroxylation is 2. The van der Waals surface area contributed by atoms with E-state index >= 15 is 0 Å². The average molecular weight is 355 g/mol. The number of carbonyl (C=O) groups is 1. The number of anilines is 2. The molecule has 0 aliphatic carbocycles. The first-order chi connectivity index (χ1) is 9.38. The van der Waals surface area contributed by atoms with Crippen LogP contribution in [0.15, 0.2) is 28.9 Å². The largest absolute Gasteiger partial charge is 0.397 e. The molecule has 3 N–H and O–H groups in total. The number of nitrogens with one attached hydrogen (secondary N) is 1. The van der Waals surface area contributed by atoms with Crippen molar-refractivity contribution in [1.29, 1.82) is 0 Å². The fourth-order valence-electron chi connectivity index (χ4n) is 1.88. The summed E-state index contributed by atoms with van der Waals surface area (Å²) in [6, 6.07) is 5.42. The number of nitrogen functional groups attached to an aromatic ring is 1. The minimum atomic E-state index is -0.345. The summed E-state index contributed by atoms with van der Waals surface area (Å²) in [5.74, 6) is -0.345. The van der Waals surface area contributed by atoms with Crippen LogP contribution in [0.4, 0.5) is 11.4 Å². The minimum absolute atomic E-state index is 0.123. The third-order valence-electron chi connectivity index (χ3n) is 2.78.